The Hall–Kier alpha value is -3.09. The predicted molar refractivity (Wildman–Crippen MR) is 136 cm³/mol. The molecule has 0 saturated carbocycles. The molecule has 15 heteroatoms. The van der Waals surface area contributed by atoms with Gasteiger partial charge in [-0.1, -0.05) is 83.1 Å². The zero-order valence-corrected chi connectivity index (χ0v) is 23.9. The van der Waals surface area contributed by atoms with Crippen molar-refractivity contribution in [2.45, 2.75) is 0 Å². The Balaban J connectivity index is 0.000000226. The average molecular weight is 783 g/mol. The third-order valence-corrected chi connectivity index (χ3v) is 5.70. The Morgan fingerprint density at radius 2 is 0.707 bits per heavy atom. The molecular weight excluding hydrogens is 765 g/mol. The number of hydrogen-bond acceptors (Lipinski definition) is 6. The van der Waals surface area contributed by atoms with E-state index in [0.717, 1.165) is 33.4 Å². The van der Waals surface area contributed by atoms with Crippen molar-refractivity contribution < 1.29 is 90.6 Å². The summed E-state index contributed by atoms with van der Waals surface area (Å²) in [6.07, 6.45) is 0. The van der Waals surface area contributed by atoms with Gasteiger partial charge in [-0.2, -0.15) is 0 Å². The molecule has 0 fully saturated rings. The quantitative estimate of drug-likeness (QED) is 0.0408. The third kappa shape index (κ3) is 8.02. The van der Waals surface area contributed by atoms with Gasteiger partial charge in [0.05, 0.1) is 11.1 Å². The number of hydrogen-bond donors (Lipinski definition) is 4. The number of phenolic OH excluding ortho intramolecular Hbond substituents is 2. The normalized spacial score (nSPS) is 15.6. The summed E-state index contributed by atoms with van der Waals surface area (Å²) in [4.78, 5) is 0. The van der Waals surface area contributed by atoms with Gasteiger partial charge in [0.15, 0.2) is 0 Å². The summed E-state index contributed by atoms with van der Waals surface area (Å²) in [5.41, 5.74) is 7.56. The van der Waals surface area contributed by atoms with E-state index in [1.807, 2.05) is 60.7 Å². The molecular formula is C26H18Ag2F6N2O4P+. The maximum absolute atomic E-state index is 10.7. The third-order valence-electron chi connectivity index (χ3n) is 5.70. The van der Waals surface area contributed by atoms with Gasteiger partial charge < -0.3 is 20.6 Å². The second-order valence-electron chi connectivity index (χ2n) is 8.35. The molecule has 2 aliphatic carbocycles. The summed E-state index contributed by atoms with van der Waals surface area (Å²) >= 11 is 0. The number of nitrogens with zero attached hydrogens (tertiary/aromatic N) is 2. The Kier molecular flexibility index (Phi) is 9.70. The Bertz CT molecular complexity index is 1550. The first-order chi connectivity index (χ1) is 18.1. The van der Waals surface area contributed by atoms with Crippen molar-refractivity contribution in [2.75, 3.05) is 0 Å². The van der Waals surface area contributed by atoms with Gasteiger partial charge in [0.25, 0.3) is 0 Å². The molecule has 0 radical (unpaired) electrons. The number of benzene rings is 4. The van der Waals surface area contributed by atoms with Crippen molar-refractivity contribution in [3.05, 3.63) is 107 Å². The van der Waals surface area contributed by atoms with E-state index in [9.17, 15) is 35.4 Å². The number of aromatic hydroxyl groups is 2. The fourth-order valence-corrected chi connectivity index (χ4v) is 4.35. The van der Waals surface area contributed by atoms with E-state index in [1.54, 1.807) is 24.3 Å². The molecule has 0 heterocycles. The largest absolute Gasteiger partial charge is 1.00 e. The number of rotatable bonds is 0. The van der Waals surface area contributed by atoms with Gasteiger partial charge in [-0.25, -0.2) is 0 Å². The van der Waals surface area contributed by atoms with Crippen molar-refractivity contribution in [3.63, 3.8) is 0 Å². The Morgan fingerprint density at radius 1 is 0.439 bits per heavy atom. The first-order valence-electron chi connectivity index (χ1n) is 11.0. The first-order valence-corrected chi connectivity index (χ1v) is 13.0. The molecule has 0 saturated heterocycles. The zero-order valence-electron chi connectivity index (χ0n) is 20.1. The molecule has 0 unspecified atom stereocenters. The molecule has 0 bridgehead atoms. The van der Waals surface area contributed by atoms with Crippen molar-refractivity contribution in [1.82, 2.24) is 0 Å². The maximum Gasteiger partial charge on any atom is 1.00 e. The number of oxime groups is 2. The fourth-order valence-electron chi connectivity index (χ4n) is 4.35. The van der Waals surface area contributed by atoms with Crippen molar-refractivity contribution in [2.24, 2.45) is 10.3 Å². The fraction of sp³-hybridized carbons (Fsp3) is 0. The summed E-state index contributed by atoms with van der Waals surface area (Å²) < 4.78 is 59.2. The predicted octanol–water partition coefficient (Wildman–Crippen LogP) is 8.58. The molecule has 6 rings (SSSR count). The molecule has 4 aromatic rings. The molecule has 0 atom stereocenters. The van der Waals surface area contributed by atoms with Crippen LogP contribution < -0.4 is 0 Å². The van der Waals surface area contributed by atoms with Gasteiger partial charge >= 0.3 is 77.8 Å². The standard InChI is InChI=1S/2C13H9NO2.2Ag.F6P/c2*15-11-7-3-6-9-8-4-1-2-5-10(8)13(14-16)12(9)11;;;1-7(2,3,4,5)6/h2*1-7,15-16H;;;/q;;2*+1;-1. The van der Waals surface area contributed by atoms with E-state index >= 15 is 0 Å². The first kappa shape index (κ1) is 34.1. The van der Waals surface area contributed by atoms with Crippen LogP contribution in [-0.2, 0) is 44.8 Å². The van der Waals surface area contributed by atoms with E-state index in [1.165, 1.54) is 0 Å². The van der Waals surface area contributed by atoms with Crippen LogP contribution in [0.3, 0.4) is 0 Å². The van der Waals surface area contributed by atoms with Gasteiger partial charge in [0, 0.05) is 11.1 Å². The van der Waals surface area contributed by atoms with Gasteiger partial charge in [-0.05, 0) is 34.4 Å². The van der Waals surface area contributed by atoms with Crippen LogP contribution in [0, 0.1) is 0 Å². The summed E-state index contributed by atoms with van der Waals surface area (Å²) in [5, 5.41) is 44.3. The van der Waals surface area contributed by atoms with E-state index in [0.29, 0.717) is 22.6 Å². The van der Waals surface area contributed by atoms with Crippen LogP contribution in [0.15, 0.2) is 95.2 Å². The van der Waals surface area contributed by atoms with Gasteiger partial charge in [-0.3, -0.25) is 0 Å². The number of phenols is 2. The Morgan fingerprint density at radius 3 is 1.00 bits per heavy atom. The van der Waals surface area contributed by atoms with Crippen molar-refractivity contribution >= 4 is 19.2 Å². The second-order valence-corrected chi connectivity index (χ2v) is 10.3. The SMILES string of the molecule is F[P-](F)(F)(F)(F)F.ON=C1c2ccccc2-c2cccc(O)c21.ON=C1c2ccccc2-c2cccc(O)c21.[Ag+].[Ag+]. The van der Waals surface area contributed by atoms with Crippen LogP contribution in [0.2, 0.25) is 0 Å². The minimum atomic E-state index is -10.7. The van der Waals surface area contributed by atoms with Crippen molar-refractivity contribution in [3.8, 4) is 33.8 Å². The van der Waals surface area contributed by atoms with Crippen LogP contribution in [0.1, 0.15) is 22.3 Å². The van der Waals surface area contributed by atoms with E-state index in [2.05, 4.69) is 10.3 Å². The maximum atomic E-state index is 9.87. The molecule has 41 heavy (non-hydrogen) atoms. The molecule has 4 aromatic carbocycles. The van der Waals surface area contributed by atoms with Crippen LogP contribution in [0.4, 0.5) is 25.2 Å². The van der Waals surface area contributed by atoms with Gasteiger partial charge in [0.1, 0.15) is 22.9 Å². The molecule has 0 spiro atoms. The minimum Gasteiger partial charge on any atom is -0.507 e. The molecule has 0 aliphatic heterocycles. The van der Waals surface area contributed by atoms with E-state index in [4.69, 9.17) is 10.4 Å². The topological polar surface area (TPSA) is 106 Å². The minimum absolute atomic E-state index is 0. The van der Waals surface area contributed by atoms with E-state index in [-0.39, 0.29) is 56.3 Å². The smallest absolute Gasteiger partial charge is 0.507 e. The number of halogens is 6. The van der Waals surface area contributed by atoms with Crippen LogP contribution in [0.25, 0.3) is 22.3 Å². The molecule has 2 aliphatic rings. The zero-order chi connectivity index (χ0) is 28.7. The average Bonchev–Trinajstić information content (AvgIpc) is 3.37. The monoisotopic (exact) mass is 781 g/mol. The molecule has 6 nitrogen and oxygen atoms in total. The Labute approximate surface area is 259 Å². The molecule has 224 valence electrons. The van der Waals surface area contributed by atoms with Gasteiger partial charge in [0.2, 0.25) is 0 Å². The van der Waals surface area contributed by atoms with Crippen molar-refractivity contribution in [1.29, 1.82) is 0 Å². The summed E-state index contributed by atoms with van der Waals surface area (Å²) in [6.45, 7) is 0. The van der Waals surface area contributed by atoms with Crippen LogP contribution in [-0.4, -0.2) is 32.1 Å². The molecule has 0 amide bonds. The van der Waals surface area contributed by atoms with Crippen LogP contribution in [0.5, 0.6) is 11.5 Å². The van der Waals surface area contributed by atoms with Crippen LogP contribution >= 0.6 is 7.81 Å². The van der Waals surface area contributed by atoms with E-state index < -0.39 is 7.81 Å². The number of fused-ring (bicyclic) bond motifs is 6. The molecule has 4 N–H and O–H groups in total. The second kappa shape index (κ2) is 11.7. The molecule has 0 aromatic heterocycles. The summed E-state index contributed by atoms with van der Waals surface area (Å²) in [7, 11) is -10.7. The summed E-state index contributed by atoms with van der Waals surface area (Å²) in [5.74, 6) is 0.281. The van der Waals surface area contributed by atoms with Gasteiger partial charge in [-0.15, -0.1) is 0 Å². The summed E-state index contributed by atoms with van der Waals surface area (Å²) in [6, 6.07) is 25.8.